The van der Waals surface area contributed by atoms with Gasteiger partial charge in [-0.05, 0) is 71.4 Å². The molecule has 1 aliphatic rings. The molecule has 0 bridgehead atoms. The van der Waals surface area contributed by atoms with Gasteiger partial charge >= 0.3 is 0 Å². The summed E-state index contributed by atoms with van der Waals surface area (Å²) < 4.78 is 10.7. The summed E-state index contributed by atoms with van der Waals surface area (Å²) in [6.45, 7) is 10.0. The third kappa shape index (κ3) is 9.81. The van der Waals surface area contributed by atoms with Crippen molar-refractivity contribution in [3.8, 4) is 0 Å². The topological polar surface area (TPSA) is 21.7 Å². The molecule has 1 aliphatic heterocycles. The fourth-order valence-corrected chi connectivity index (χ4v) is 3.30. The molecule has 132 valence electrons. The first kappa shape index (κ1) is 19.9. The summed E-state index contributed by atoms with van der Waals surface area (Å²) in [6.07, 6.45) is 11.8. The number of likely N-dealkylation sites (tertiary alicyclic amines) is 1. The molecule has 3 nitrogen and oxygen atoms in total. The lowest BCUT2D eigenvalue weighted by Gasteiger charge is -2.34. The maximum atomic E-state index is 5.70. The quantitative estimate of drug-likeness (QED) is 0.467. The van der Waals surface area contributed by atoms with Crippen molar-refractivity contribution >= 4 is 0 Å². The Labute approximate surface area is 138 Å². The van der Waals surface area contributed by atoms with Crippen LogP contribution in [0.25, 0.3) is 0 Å². The molecule has 0 aliphatic carbocycles. The van der Waals surface area contributed by atoms with Gasteiger partial charge in [0.15, 0.2) is 0 Å². The number of methoxy groups -OCH3 is 1. The molecule has 0 aromatic heterocycles. The highest BCUT2D eigenvalue weighted by atomic mass is 16.5. The molecular weight excluding hydrogens is 274 g/mol. The van der Waals surface area contributed by atoms with Crippen molar-refractivity contribution in [3.63, 3.8) is 0 Å². The van der Waals surface area contributed by atoms with Gasteiger partial charge in [0.1, 0.15) is 0 Å². The fraction of sp³-hybridized carbons (Fsp3) is 1.00. The lowest BCUT2D eigenvalue weighted by atomic mass is 9.91. The summed E-state index contributed by atoms with van der Waals surface area (Å²) >= 11 is 0. The normalized spacial score (nSPS) is 17.5. The van der Waals surface area contributed by atoms with E-state index in [2.05, 4.69) is 18.7 Å². The van der Waals surface area contributed by atoms with Crippen LogP contribution in [0.2, 0.25) is 0 Å². The second-order valence-corrected chi connectivity index (χ2v) is 7.09. The van der Waals surface area contributed by atoms with Gasteiger partial charge in [-0.25, -0.2) is 0 Å². The zero-order chi connectivity index (χ0) is 16.0. The van der Waals surface area contributed by atoms with Gasteiger partial charge in [0.2, 0.25) is 0 Å². The maximum absolute atomic E-state index is 5.70. The van der Waals surface area contributed by atoms with E-state index in [9.17, 15) is 0 Å². The predicted octanol–water partition coefficient (Wildman–Crippen LogP) is 4.50. The van der Waals surface area contributed by atoms with Crippen molar-refractivity contribution in [1.29, 1.82) is 0 Å². The van der Waals surface area contributed by atoms with Crippen LogP contribution in [-0.2, 0) is 9.47 Å². The molecular formula is C19H39NO2. The molecule has 0 N–H and O–H groups in total. The Kier molecular flexibility index (Phi) is 12.1. The lowest BCUT2D eigenvalue weighted by molar-refractivity contribution is 0.120. The van der Waals surface area contributed by atoms with Crippen molar-refractivity contribution in [2.75, 3.05) is 40.0 Å². The molecule has 1 rings (SSSR count). The molecule has 1 heterocycles. The lowest BCUT2D eigenvalue weighted by Crippen LogP contribution is -2.38. The van der Waals surface area contributed by atoms with Crippen LogP contribution in [0.4, 0.5) is 0 Å². The third-order valence-corrected chi connectivity index (χ3v) is 4.92. The van der Waals surface area contributed by atoms with Crippen LogP contribution in [0.1, 0.15) is 71.6 Å². The van der Waals surface area contributed by atoms with Crippen LogP contribution in [0.5, 0.6) is 0 Å². The first-order chi connectivity index (χ1) is 10.7. The maximum Gasteiger partial charge on any atom is 0.0466 e. The second-order valence-electron chi connectivity index (χ2n) is 7.09. The molecule has 1 fully saturated rings. The first-order valence-corrected chi connectivity index (χ1v) is 9.54. The Balaban J connectivity index is 1.80. The highest BCUT2D eigenvalue weighted by molar-refractivity contribution is 4.74. The van der Waals surface area contributed by atoms with Gasteiger partial charge in [0.25, 0.3) is 0 Å². The molecule has 0 saturated carbocycles. The molecule has 0 amide bonds. The van der Waals surface area contributed by atoms with E-state index in [1.807, 2.05) is 0 Å². The largest absolute Gasteiger partial charge is 0.385 e. The van der Waals surface area contributed by atoms with Crippen molar-refractivity contribution in [2.45, 2.75) is 77.7 Å². The van der Waals surface area contributed by atoms with Crippen LogP contribution in [-0.4, -0.2) is 51.0 Å². The van der Waals surface area contributed by atoms with Crippen LogP contribution >= 0.6 is 0 Å². The van der Waals surface area contributed by atoms with Gasteiger partial charge in [-0.1, -0.05) is 19.3 Å². The number of nitrogens with zero attached hydrogens (tertiary/aromatic N) is 1. The highest BCUT2D eigenvalue weighted by Crippen LogP contribution is 2.23. The summed E-state index contributed by atoms with van der Waals surface area (Å²) in [4.78, 5) is 2.62. The third-order valence-electron chi connectivity index (χ3n) is 4.92. The monoisotopic (exact) mass is 313 g/mol. The summed E-state index contributed by atoms with van der Waals surface area (Å²) in [5.41, 5.74) is 0. The van der Waals surface area contributed by atoms with E-state index < -0.39 is 0 Å². The molecule has 0 aromatic carbocycles. The van der Waals surface area contributed by atoms with Crippen LogP contribution in [0, 0.1) is 5.92 Å². The Morgan fingerprint density at radius 3 is 2.05 bits per heavy atom. The summed E-state index contributed by atoms with van der Waals surface area (Å²) in [7, 11) is 1.77. The average molecular weight is 314 g/mol. The Hall–Kier alpha value is -0.120. The summed E-state index contributed by atoms with van der Waals surface area (Å²) in [5, 5.41) is 0. The average Bonchev–Trinajstić information content (AvgIpc) is 2.53. The van der Waals surface area contributed by atoms with Gasteiger partial charge < -0.3 is 14.4 Å². The molecule has 0 atom stereocenters. The van der Waals surface area contributed by atoms with E-state index in [0.29, 0.717) is 0 Å². The van der Waals surface area contributed by atoms with E-state index in [0.717, 1.165) is 38.2 Å². The van der Waals surface area contributed by atoms with E-state index >= 15 is 0 Å². The minimum Gasteiger partial charge on any atom is -0.385 e. The van der Waals surface area contributed by atoms with Crippen LogP contribution in [0.15, 0.2) is 0 Å². The van der Waals surface area contributed by atoms with Crippen molar-refractivity contribution in [3.05, 3.63) is 0 Å². The smallest absolute Gasteiger partial charge is 0.0466 e. The molecule has 22 heavy (non-hydrogen) atoms. The van der Waals surface area contributed by atoms with E-state index in [1.54, 1.807) is 7.11 Å². The number of piperidine rings is 1. The number of hydrogen-bond acceptors (Lipinski definition) is 3. The Bertz CT molecular complexity index is 238. The highest BCUT2D eigenvalue weighted by Gasteiger charge is 2.20. The first-order valence-electron chi connectivity index (χ1n) is 9.54. The Morgan fingerprint density at radius 2 is 1.45 bits per heavy atom. The van der Waals surface area contributed by atoms with Gasteiger partial charge in [0.05, 0.1) is 0 Å². The van der Waals surface area contributed by atoms with E-state index in [4.69, 9.17) is 9.47 Å². The molecule has 0 aromatic rings. The minimum atomic E-state index is 0.729. The van der Waals surface area contributed by atoms with Gasteiger partial charge in [0, 0.05) is 33.0 Å². The van der Waals surface area contributed by atoms with Crippen LogP contribution < -0.4 is 0 Å². The molecule has 1 saturated heterocycles. The number of ether oxygens (including phenoxy) is 2. The van der Waals surface area contributed by atoms with Crippen molar-refractivity contribution in [2.24, 2.45) is 5.92 Å². The molecule has 3 heteroatoms. The van der Waals surface area contributed by atoms with Crippen molar-refractivity contribution in [1.82, 2.24) is 4.90 Å². The number of hydrogen-bond donors (Lipinski definition) is 0. The number of rotatable bonds is 13. The van der Waals surface area contributed by atoms with Crippen molar-refractivity contribution < 1.29 is 9.47 Å². The fourth-order valence-electron chi connectivity index (χ4n) is 3.30. The Morgan fingerprint density at radius 1 is 0.864 bits per heavy atom. The van der Waals surface area contributed by atoms with E-state index in [1.165, 1.54) is 64.5 Å². The predicted molar refractivity (Wildman–Crippen MR) is 94.4 cm³/mol. The van der Waals surface area contributed by atoms with Gasteiger partial charge in [-0.15, -0.1) is 0 Å². The molecule has 0 spiro atoms. The zero-order valence-electron chi connectivity index (χ0n) is 15.3. The standard InChI is InChI=1S/C19H39NO2/c1-18(2)20-13-11-19(12-14-20)10-6-4-8-16-22-17-9-5-7-15-21-3/h18-19H,4-17H2,1-3H3. The molecule has 0 unspecified atom stereocenters. The zero-order valence-corrected chi connectivity index (χ0v) is 15.3. The number of unbranched alkanes of at least 4 members (excludes halogenated alkanes) is 4. The summed E-state index contributed by atoms with van der Waals surface area (Å²) in [6, 6.07) is 0.729. The van der Waals surface area contributed by atoms with Gasteiger partial charge in [-0.2, -0.15) is 0 Å². The minimum absolute atomic E-state index is 0.729. The summed E-state index contributed by atoms with van der Waals surface area (Å²) in [5.74, 6) is 0.983. The SMILES string of the molecule is COCCCCCOCCCCCC1CCN(C(C)C)CC1. The van der Waals surface area contributed by atoms with Crippen LogP contribution in [0.3, 0.4) is 0 Å². The molecule has 0 radical (unpaired) electrons. The second kappa shape index (κ2) is 13.3. The van der Waals surface area contributed by atoms with E-state index in [-0.39, 0.29) is 0 Å². The van der Waals surface area contributed by atoms with Gasteiger partial charge in [-0.3, -0.25) is 0 Å².